The van der Waals surface area contributed by atoms with Crippen molar-refractivity contribution >= 4 is 0 Å². The zero-order chi connectivity index (χ0) is 10.6. The summed E-state index contributed by atoms with van der Waals surface area (Å²) in [6, 6.07) is 8.83. The predicted octanol–water partition coefficient (Wildman–Crippen LogP) is 4.37. The molecule has 1 rings (SSSR count). The number of rotatable bonds is 4. The number of hydrogen-bond acceptors (Lipinski definition) is 0. The van der Waals surface area contributed by atoms with Gasteiger partial charge in [0, 0.05) is 5.92 Å². The van der Waals surface area contributed by atoms with Gasteiger partial charge in [-0.1, -0.05) is 57.0 Å². The van der Waals surface area contributed by atoms with Gasteiger partial charge in [0.2, 0.25) is 0 Å². The van der Waals surface area contributed by atoms with E-state index >= 15 is 0 Å². The van der Waals surface area contributed by atoms with Gasteiger partial charge in [-0.15, -0.1) is 0 Å². The second-order valence-corrected chi connectivity index (χ2v) is 4.58. The number of aryl methyl sites for hydroxylation is 1. The summed E-state index contributed by atoms with van der Waals surface area (Å²) in [6.07, 6.45) is 2.51. The van der Waals surface area contributed by atoms with E-state index in [1.54, 1.807) is 0 Å². The third kappa shape index (κ3) is 3.53. The Morgan fingerprint density at radius 1 is 1.14 bits per heavy atom. The zero-order valence-electron chi connectivity index (χ0n) is 9.80. The van der Waals surface area contributed by atoms with Gasteiger partial charge in [-0.3, -0.25) is 0 Å². The Labute approximate surface area is 88.4 Å². The van der Waals surface area contributed by atoms with E-state index in [0.29, 0.717) is 0 Å². The molecule has 14 heavy (non-hydrogen) atoms. The third-order valence-electron chi connectivity index (χ3n) is 2.64. The minimum absolute atomic E-state index is 0.801. The first-order chi connectivity index (χ1) is 6.59. The molecular weight excluding hydrogens is 168 g/mol. The molecule has 0 unspecified atom stereocenters. The van der Waals surface area contributed by atoms with Crippen molar-refractivity contribution in [2.75, 3.05) is 0 Å². The Morgan fingerprint density at radius 3 is 2.21 bits per heavy atom. The number of benzene rings is 1. The van der Waals surface area contributed by atoms with Gasteiger partial charge in [-0.05, 0) is 24.8 Å². The van der Waals surface area contributed by atoms with Crippen LogP contribution in [-0.2, 0) is 0 Å². The van der Waals surface area contributed by atoms with E-state index in [4.69, 9.17) is 0 Å². The molecule has 0 aliphatic rings. The molecule has 0 spiro atoms. The Kier molecular flexibility index (Phi) is 4.19. The fourth-order valence-corrected chi connectivity index (χ4v) is 1.49. The first-order valence-electron chi connectivity index (χ1n) is 5.49. The minimum Gasteiger partial charge on any atom is -0.0628 e. The highest BCUT2D eigenvalue weighted by atomic mass is 14.1. The van der Waals surface area contributed by atoms with Gasteiger partial charge in [0.15, 0.2) is 0 Å². The molecule has 1 aromatic rings. The van der Waals surface area contributed by atoms with Crippen molar-refractivity contribution in [1.82, 2.24) is 0 Å². The van der Waals surface area contributed by atoms with Crippen LogP contribution < -0.4 is 0 Å². The molecule has 1 aromatic carbocycles. The summed E-state index contributed by atoms with van der Waals surface area (Å²) >= 11 is 0. The molecule has 0 saturated heterocycles. The Hall–Kier alpha value is -0.780. The average Bonchev–Trinajstić information content (AvgIpc) is 2.15. The third-order valence-corrected chi connectivity index (χ3v) is 2.64. The van der Waals surface area contributed by atoms with Gasteiger partial charge < -0.3 is 0 Å². The van der Waals surface area contributed by atoms with Crippen molar-refractivity contribution < 1.29 is 0 Å². The molecule has 0 amide bonds. The lowest BCUT2D eigenvalue weighted by molar-refractivity contribution is 0.568. The summed E-state index contributed by atoms with van der Waals surface area (Å²) in [7, 11) is 0. The fourth-order valence-electron chi connectivity index (χ4n) is 1.49. The molecule has 0 saturated carbocycles. The van der Waals surface area contributed by atoms with Crippen molar-refractivity contribution in [2.45, 2.75) is 40.5 Å². The zero-order valence-corrected chi connectivity index (χ0v) is 9.80. The van der Waals surface area contributed by atoms with Crippen LogP contribution in [-0.4, -0.2) is 0 Å². The fraction of sp³-hybridized carbons (Fsp3) is 0.500. The monoisotopic (exact) mass is 189 g/mol. The van der Waals surface area contributed by atoms with Crippen LogP contribution in [0.3, 0.4) is 0 Å². The van der Waals surface area contributed by atoms with E-state index in [-0.39, 0.29) is 0 Å². The van der Waals surface area contributed by atoms with E-state index in [1.807, 2.05) is 0 Å². The molecule has 0 aliphatic heterocycles. The molecule has 0 aliphatic carbocycles. The molecule has 0 heteroatoms. The van der Waals surface area contributed by atoms with Crippen LogP contribution >= 0.6 is 0 Å². The Balaban J connectivity index is 2.52. The minimum atomic E-state index is 0.801. The van der Waals surface area contributed by atoms with Gasteiger partial charge in [-0.2, -0.15) is 0 Å². The molecule has 1 radical (unpaired) electrons. The van der Waals surface area contributed by atoms with Gasteiger partial charge in [-0.25, -0.2) is 0 Å². The van der Waals surface area contributed by atoms with Crippen LogP contribution in [0.15, 0.2) is 24.3 Å². The van der Waals surface area contributed by atoms with Crippen LogP contribution in [0.1, 0.15) is 44.7 Å². The van der Waals surface area contributed by atoms with E-state index in [1.165, 1.54) is 29.9 Å². The molecule has 0 bridgehead atoms. The lowest BCUT2D eigenvalue weighted by atomic mass is 9.92. The lowest BCUT2D eigenvalue weighted by Gasteiger charge is -2.12. The summed E-state index contributed by atoms with van der Waals surface area (Å²) in [6.45, 7) is 8.94. The molecule has 77 valence electrons. The molecule has 0 heterocycles. The maximum atomic E-state index is 2.28. The molecule has 0 N–H and O–H groups in total. The highest BCUT2D eigenvalue weighted by Crippen LogP contribution is 2.21. The predicted molar refractivity (Wildman–Crippen MR) is 63.3 cm³/mol. The first-order valence-corrected chi connectivity index (χ1v) is 5.49. The normalized spacial score (nSPS) is 11.3. The second kappa shape index (κ2) is 5.19. The molecule has 0 nitrogen and oxygen atoms in total. The number of hydrogen-bond donors (Lipinski definition) is 0. The molecule has 0 aromatic heterocycles. The summed E-state index contributed by atoms with van der Waals surface area (Å²) in [5.41, 5.74) is 2.74. The van der Waals surface area contributed by atoms with E-state index in [9.17, 15) is 0 Å². The Morgan fingerprint density at radius 2 is 1.71 bits per heavy atom. The van der Waals surface area contributed by atoms with Crippen molar-refractivity contribution in [3.05, 3.63) is 41.3 Å². The summed E-state index contributed by atoms with van der Waals surface area (Å²) in [5, 5.41) is 0. The van der Waals surface area contributed by atoms with Crippen molar-refractivity contribution in [1.29, 1.82) is 0 Å². The average molecular weight is 189 g/mol. The van der Waals surface area contributed by atoms with Gasteiger partial charge in [0.1, 0.15) is 0 Å². The quantitative estimate of drug-likeness (QED) is 0.659. The summed E-state index contributed by atoms with van der Waals surface area (Å²) in [4.78, 5) is 0. The maximum Gasteiger partial charge on any atom is 0.00190 e. The van der Waals surface area contributed by atoms with Crippen LogP contribution in [0.4, 0.5) is 0 Å². The highest BCUT2D eigenvalue weighted by Gasteiger charge is 2.06. The van der Waals surface area contributed by atoms with E-state index in [2.05, 4.69) is 52.0 Å². The van der Waals surface area contributed by atoms with Gasteiger partial charge >= 0.3 is 0 Å². The SMILES string of the molecule is C[C](CCC(C)C)c1ccc(C)cc1. The van der Waals surface area contributed by atoms with Gasteiger partial charge in [0.25, 0.3) is 0 Å². The lowest BCUT2D eigenvalue weighted by Crippen LogP contribution is -1.97. The molecule has 0 atom stereocenters. The van der Waals surface area contributed by atoms with E-state index < -0.39 is 0 Å². The maximum absolute atomic E-state index is 2.28. The topological polar surface area (TPSA) is 0 Å². The van der Waals surface area contributed by atoms with E-state index in [0.717, 1.165) is 5.92 Å². The molecular formula is C14H21. The van der Waals surface area contributed by atoms with Crippen LogP contribution in [0.25, 0.3) is 0 Å². The van der Waals surface area contributed by atoms with Crippen molar-refractivity contribution in [3.63, 3.8) is 0 Å². The second-order valence-electron chi connectivity index (χ2n) is 4.58. The smallest absolute Gasteiger partial charge is 0.00190 e. The van der Waals surface area contributed by atoms with Crippen LogP contribution in [0.5, 0.6) is 0 Å². The largest absolute Gasteiger partial charge is 0.0628 e. The highest BCUT2D eigenvalue weighted by molar-refractivity contribution is 5.31. The Bertz CT molecular complexity index is 256. The van der Waals surface area contributed by atoms with Crippen molar-refractivity contribution in [2.24, 2.45) is 5.92 Å². The van der Waals surface area contributed by atoms with Crippen LogP contribution in [0, 0.1) is 18.8 Å². The standard InChI is InChI=1S/C14H21/c1-11(2)5-8-13(4)14-9-6-12(3)7-10-14/h6-7,9-11H,5,8H2,1-4H3. The van der Waals surface area contributed by atoms with Gasteiger partial charge in [0.05, 0.1) is 0 Å². The summed E-state index contributed by atoms with van der Waals surface area (Å²) < 4.78 is 0. The van der Waals surface area contributed by atoms with Crippen LogP contribution in [0.2, 0.25) is 0 Å². The molecule has 0 fully saturated rings. The van der Waals surface area contributed by atoms with Crippen molar-refractivity contribution in [3.8, 4) is 0 Å². The first kappa shape index (κ1) is 11.3. The summed E-state index contributed by atoms with van der Waals surface area (Å²) in [5.74, 6) is 2.31.